The summed E-state index contributed by atoms with van der Waals surface area (Å²) >= 11 is 0. The van der Waals surface area contributed by atoms with Gasteiger partial charge >= 0.3 is 0 Å². The molecule has 0 radical (unpaired) electrons. The Labute approximate surface area is 213 Å². The van der Waals surface area contributed by atoms with Gasteiger partial charge in [-0.15, -0.1) is 0 Å². The van der Waals surface area contributed by atoms with Crippen LogP contribution in [0.1, 0.15) is 0 Å². The van der Waals surface area contributed by atoms with Crippen molar-refractivity contribution in [3.8, 4) is 33.8 Å². The molecule has 0 aromatic heterocycles. The Morgan fingerprint density at radius 3 is 1.21 bits per heavy atom. The molecule has 0 bridgehead atoms. The van der Waals surface area contributed by atoms with Gasteiger partial charge in [-0.1, -0.05) is 6.07 Å². The van der Waals surface area contributed by atoms with Crippen LogP contribution in [-0.4, -0.2) is 14.2 Å². The highest BCUT2D eigenvalue weighted by atomic mass is 19.2. The van der Waals surface area contributed by atoms with Crippen molar-refractivity contribution in [2.45, 2.75) is 0 Å². The molecule has 0 amide bonds. The molecule has 2 nitrogen and oxygen atoms in total. The highest BCUT2D eigenvalue weighted by Gasteiger charge is 2.32. The summed E-state index contributed by atoms with van der Waals surface area (Å²) in [5.74, 6) is -16.3. The summed E-state index contributed by atoms with van der Waals surface area (Å²) in [6.07, 6.45) is 0. The number of halogens is 9. The third-order valence-corrected chi connectivity index (χ3v) is 6.29. The second-order valence-corrected chi connectivity index (χ2v) is 8.38. The van der Waals surface area contributed by atoms with E-state index in [1.165, 1.54) is 0 Å². The summed E-state index contributed by atoms with van der Waals surface area (Å²) in [6, 6.07) is 4.99. The first-order chi connectivity index (χ1) is 18.5. The number of rotatable bonds is 4. The third kappa shape index (κ3) is 3.91. The average molecular weight is 552 g/mol. The molecule has 0 saturated heterocycles. The molecular weight excluding hydrogens is 539 g/mol. The highest BCUT2D eigenvalue weighted by Crippen LogP contribution is 2.49. The Kier molecular flexibility index (Phi) is 6.32. The van der Waals surface area contributed by atoms with E-state index in [1.807, 2.05) is 0 Å². The fourth-order valence-corrected chi connectivity index (χ4v) is 4.64. The average Bonchev–Trinajstić information content (AvgIpc) is 2.89. The molecule has 0 spiro atoms. The lowest BCUT2D eigenvalue weighted by Gasteiger charge is -2.21. The van der Waals surface area contributed by atoms with Crippen molar-refractivity contribution >= 4 is 21.5 Å². The Balaban J connectivity index is 2.15. The summed E-state index contributed by atoms with van der Waals surface area (Å²) < 4.78 is 145. The van der Waals surface area contributed by atoms with Gasteiger partial charge in [-0.3, -0.25) is 0 Å². The van der Waals surface area contributed by atoms with Gasteiger partial charge in [-0.2, -0.15) is 0 Å². The van der Waals surface area contributed by atoms with Crippen LogP contribution in [0, 0.1) is 52.4 Å². The van der Waals surface area contributed by atoms with Crippen molar-refractivity contribution in [2.24, 2.45) is 0 Å². The molecule has 0 saturated carbocycles. The van der Waals surface area contributed by atoms with Gasteiger partial charge in [-0.25, -0.2) is 39.5 Å². The molecule has 0 aliphatic heterocycles. The van der Waals surface area contributed by atoms with Crippen LogP contribution < -0.4 is 9.47 Å². The number of ether oxygens (including phenoxy) is 2. The minimum absolute atomic E-state index is 0.309. The van der Waals surface area contributed by atoms with Crippen LogP contribution in [0.25, 0.3) is 43.8 Å². The fraction of sp³-hybridized carbons (Fsp3) is 0.0714. The van der Waals surface area contributed by atoms with Gasteiger partial charge < -0.3 is 9.47 Å². The van der Waals surface area contributed by atoms with Crippen LogP contribution in [0.2, 0.25) is 0 Å². The zero-order valence-electron chi connectivity index (χ0n) is 19.8. The summed E-state index contributed by atoms with van der Waals surface area (Å²) in [5.41, 5.74) is -3.90. The SMILES string of the molecule is COc1cc(F)c(-c2c3ccc(F)cc3c(-c3c(F)cc(OC)cc3F)c3c(F)c(F)c(F)c(F)c23)c(F)c1. The Hall–Kier alpha value is -4.41. The Morgan fingerprint density at radius 2 is 0.821 bits per heavy atom. The Bertz CT molecular complexity index is 1790. The van der Waals surface area contributed by atoms with E-state index in [9.17, 15) is 13.2 Å². The van der Waals surface area contributed by atoms with Crippen LogP contribution in [0.5, 0.6) is 11.5 Å². The third-order valence-electron chi connectivity index (χ3n) is 6.29. The van der Waals surface area contributed by atoms with E-state index in [4.69, 9.17) is 9.47 Å². The lowest BCUT2D eigenvalue weighted by Crippen LogP contribution is -2.05. The van der Waals surface area contributed by atoms with E-state index in [1.54, 1.807) is 0 Å². The van der Waals surface area contributed by atoms with Crippen molar-refractivity contribution < 1.29 is 49.0 Å². The first-order valence-electron chi connectivity index (χ1n) is 11.0. The molecule has 11 heteroatoms. The topological polar surface area (TPSA) is 18.5 Å². The highest BCUT2D eigenvalue weighted by molar-refractivity contribution is 6.22. The maximum Gasteiger partial charge on any atom is 0.198 e. The molecule has 0 N–H and O–H groups in total. The molecule has 39 heavy (non-hydrogen) atoms. The van der Waals surface area contributed by atoms with Gasteiger partial charge in [0.25, 0.3) is 0 Å². The minimum Gasteiger partial charge on any atom is -0.497 e. The predicted octanol–water partition coefficient (Wildman–Crippen LogP) is 8.60. The van der Waals surface area contributed by atoms with E-state index < -0.39 is 96.2 Å². The van der Waals surface area contributed by atoms with Crippen molar-refractivity contribution in [1.29, 1.82) is 0 Å². The number of fused-ring (bicyclic) bond motifs is 2. The maximum absolute atomic E-state index is 15.5. The molecular formula is C28H13F9O2. The maximum atomic E-state index is 15.5. The summed E-state index contributed by atoms with van der Waals surface area (Å²) in [5, 5.41) is -3.56. The molecule has 200 valence electrons. The van der Waals surface area contributed by atoms with E-state index in [2.05, 4.69) is 0 Å². The number of benzene rings is 5. The Morgan fingerprint density at radius 1 is 0.436 bits per heavy atom. The summed E-state index contributed by atoms with van der Waals surface area (Å²) in [4.78, 5) is 0. The van der Waals surface area contributed by atoms with Crippen molar-refractivity contribution in [2.75, 3.05) is 14.2 Å². The van der Waals surface area contributed by atoms with E-state index in [0.717, 1.165) is 26.4 Å². The predicted molar refractivity (Wildman–Crippen MR) is 125 cm³/mol. The van der Waals surface area contributed by atoms with Gasteiger partial charge in [0.05, 0.1) is 25.3 Å². The molecule has 0 fully saturated rings. The quantitative estimate of drug-likeness (QED) is 0.0963. The molecule has 0 unspecified atom stereocenters. The van der Waals surface area contributed by atoms with Gasteiger partial charge in [0.15, 0.2) is 23.3 Å². The second-order valence-electron chi connectivity index (χ2n) is 8.38. The van der Waals surface area contributed by atoms with E-state index in [0.29, 0.717) is 30.3 Å². The largest absolute Gasteiger partial charge is 0.497 e. The zero-order chi connectivity index (χ0) is 28.3. The van der Waals surface area contributed by atoms with Gasteiger partial charge in [0, 0.05) is 46.2 Å². The van der Waals surface area contributed by atoms with E-state index in [-0.39, 0.29) is 11.5 Å². The van der Waals surface area contributed by atoms with Crippen molar-refractivity contribution in [3.63, 3.8) is 0 Å². The molecule has 5 rings (SSSR count). The van der Waals surface area contributed by atoms with Gasteiger partial charge in [0.1, 0.15) is 40.6 Å². The lowest BCUT2D eigenvalue weighted by atomic mass is 9.84. The molecule has 0 heterocycles. The number of methoxy groups -OCH3 is 2. The number of hydrogen-bond acceptors (Lipinski definition) is 2. The summed E-state index contributed by atoms with van der Waals surface area (Å²) in [7, 11) is 2.19. The molecule has 0 aliphatic rings. The standard InChI is InChI=1S/C28H13F9O2/c1-38-11-6-15(30)21(16(31)7-11)19-13-4-3-10(29)5-14(13)20(22-17(32)8-12(39-2)9-18(22)33)24-23(19)25(34)27(36)28(37)26(24)35/h3-9H,1-2H3. The monoisotopic (exact) mass is 552 g/mol. The zero-order valence-corrected chi connectivity index (χ0v) is 19.8. The summed E-state index contributed by atoms with van der Waals surface area (Å²) in [6.45, 7) is 0. The number of hydrogen-bond donors (Lipinski definition) is 0. The molecule has 0 aliphatic carbocycles. The van der Waals surface area contributed by atoms with Crippen molar-refractivity contribution in [1.82, 2.24) is 0 Å². The second kappa shape index (κ2) is 9.40. The van der Waals surface area contributed by atoms with E-state index >= 15 is 26.3 Å². The normalized spacial score (nSPS) is 11.5. The fourth-order valence-electron chi connectivity index (χ4n) is 4.64. The van der Waals surface area contributed by atoms with Gasteiger partial charge in [0.2, 0.25) is 0 Å². The molecule has 5 aromatic rings. The molecule has 5 aromatic carbocycles. The lowest BCUT2D eigenvalue weighted by molar-refractivity contribution is 0.407. The smallest absolute Gasteiger partial charge is 0.198 e. The van der Waals surface area contributed by atoms with Crippen LogP contribution in [0.3, 0.4) is 0 Å². The van der Waals surface area contributed by atoms with Crippen LogP contribution >= 0.6 is 0 Å². The first kappa shape index (κ1) is 26.2. The van der Waals surface area contributed by atoms with Crippen molar-refractivity contribution in [3.05, 3.63) is 94.8 Å². The molecule has 0 atom stereocenters. The van der Waals surface area contributed by atoms with Crippen LogP contribution in [0.15, 0.2) is 42.5 Å². The first-order valence-corrected chi connectivity index (χ1v) is 11.0. The van der Waals surface area contributed by atoms with Gasteiger partial charge in [-0.05, 0) is 22.9 Å². The van der Waals surface area contributed by atoms with Crippen LogP contribution in [0.4, 0.5) is 39.5 Å². The minimum atomic E-state index is -2.37. The van der Waals surface area contributed by atoms with Crippen LogP contribution in [-0.2, 0) is 0 Å².